The number of nitrogens with zero attached hydrogens (tertiary/aromatic N) is 3. The maximum Gasteiger partial charge on any atom is 0.328 e. The number of nitrogens with one attached hydrogen (secondary N) is 1. The number of imide groups is 1. The smallest absolute Gasteiger partial charge is 0.328 e. The summed E-state index contributed by atoms with van der Waals surface area (Å²) in [5.41, 5.74) is 0.947. The molecule has 0 aromatic heterocycles. The molecule has 1 aromatic rings. The highest BCUT2D eigenvalue weighted by Gasteiger charge is 2.45. The van der Waals surface area contributed by atoms with Crippen LogP contribution in [-0.4, -0.2) is 88.8 Å². The van der Waals surface area contributed by atoms with Gasteiger partial charge in [0, 0.05) is 13.5 Å². The molecule has 0 aliphatic carbocycles. The summed E-state index contributed by atoms with van der Waals surface area (Å²) in [4.78, 5) is 65.6. The maximum atomic E-state index is 12.9. The van der Waals surface area contributed by atoms with Crippen LogP contribution in [0.5, 0.6) is 0 Å². The Balaban J connectivity index is 2.05. The second-order valence-corrected chi connectivity index (χ2v) is 7.77. The van der Waals surface area contributed by atoms with E-state index in [0.29, 0.717) is 11.3 Å². The third-order valence-corrected chi connectivity index (χ3v) is 5.21. The summed E-state index contributed by atoms with van der Waals surface area (Å²) in [6.45, 7) is 0.923. The van der Waals surface area contributed by atoms with Gasteiger partial charge in [-0.15, -0.1) is 10.1 Å². The topological polar surface area (TPSA) is 169 Å². The van der Waals surface area contributed by atoms with E-state index in [9.17, 15) is 34.4 Å². The van der Waals surface area contributed by atoms with E-state index in [1.807, 2.05) is 30.3 Å². The van der Waals surface area contributed by atoms with Crippen molar-refractivity contribution in [1.82, 2.24) is 15.1 Å². The molecule has 1 aliphatic rings. The number of carboxylic acids is 1. The molecule has 13 nitrogen and oxygen atoms in total. The molecule has 1 saturated heterocycles. The molecule has 1 aromatic carbocycles. The van der Waals surface area contributed by atoms with Gasteiger partial charge in [0.2, 0.25) is 5.91 Å². The Hall–Kier alpha value is -3.74. The molecule has 2 N–H and O–H groups in total. The van der Waals surface area contributed by atoms with Crippen LogP contribution in [0.15, 0.2) is 30.3 Å². The zero-order valence-electron chi connectivity index (χ0n) is 18.9. The molecule has 3 unspecified atom stereocenters. The minimum Gasteiger partial charge on any atom is -0.480 e. The number of likely N-dealkylation sites (N-methyl/N-ethyl adjacent to an activating group) is 1. The number of carboxylic acid groups (broad SMARTS) is 1. The van der Waals surface area contributed by atoms with Gasteiger partial charge in [-0.3, -0.25) is 14.9 Å². The Bertz CT molecular complexity index is 895. The fraction of sp³-hybridized carbons (Fsp3) is 0.524. The number of aryl methyl sites for hydroxylation is 1. The highest BCUT2D eigenvalue weighted by molar-refractivity contribution is 6.02. The quantitative estimate of drug-likeness (QED) is 0.175. The lowest BCUT2D eigenvalue weighted by Gasteiger charge is -2.26. The number of carbonyl (C=O) groups is 4. The van der Waals surface area contributed by atoms with E-state index in [0.717, 1.165) is 10.5 Å². The average Bonchev–Trinajstić information content (AvgIpc) is 3.10. The minimum absolute atomic E-state index is 0.0987. The number of benzene rings is 1. The number of hydrogen-bond donors (Lipinski definition) is 2. The molecule has 34 heavy (non-hydrogen) atoms. The summed E-state index contributed by atoms with van der Waals surface area (Å²) in [5.74, 6) is -2.77. The predicted octanol–water partition coefficient (Wildman–Crippen LogP) is 0.455. The molecule has 3 amide bonds. The van der Waals surface area contributed by atoms with E-state index in [-0.39, 0.29) is 32.6 Å². The van der Waals surface area contributed by atoms with E-state index >= 15 is 0 Å². The number of esters is 1. The summed E-state index contributed by atoms with van der Waals surface area (Å²) in [5, 5.41) is 21.5. The summed E-state index contributed by atoms with van der Waals surface area (Å²) in [6.07, 6.45) is 0.825. The molecule has 1 aliphatic heterocycles. The van der Waals surface area contributed by atoms with Gasteiger partial charge in [0.05, 0.1) is 25.8 Å². The number of hydrogen-bond acceptors (Lipinski definition) is 9. The third kappa shape index (κ3) is 7.40. The first-order valence-corrected chi connectivity index (χ1v) is 10.7. The van der Waals surface area contributed by atoms with E-state index in [4.69, 9.17) is 4.74 Å². The fourth-order valence-corrected chi connectivity index (χ4v) is 3.45. The summed E-state index contributed by atoms with van der Waals surface area (Å²) in [7, 11) is 1.40. The Morgan fingerprint density at radius 2 is 1.94 bits per heavy atom. The van der Waals surface area contributed by atoms with Gasteiger partial charge >= 0.3 is 18.0 Å². The van der Waals surface area contributed by atoms with Gasteiger partial charge in [-0.25, -0.2) is 14.5 Å². The summed E-state index contributed by atoms with van der Waals surface area (Å²) >= 11 is 0. The van der Waals surface area contributed by atoms with Crippen LogP contribution in [0.3, 0.4) is 0 Å². The molecule has 0 saturated carbocycles. The molecule has 1 heterocycles. The van der Waals surface area contributed by atoms with Crippen molar-refractivity contribution < 1.29 is 38.9 Å². The molecule has 0 spiro atoms. The summed E-state index contributed by atoms with van der Waals surface area (Å²) in [6, 6.07) is 5.22. The normalized spacial score (nSPS) is 17.2. The van der Waals surface area contributed by atoms with Gasteiger partial charge < -0.3 is 19.6 Å². The van der Waals surface area contributed by atoms with Crippen LogP contribution < -0.4 is 5.32 Å². The maximum absolute atomic E-state index is 12.9. The van der Waals surface area contributed by atoms with Gasteiger partial charge in [0.15, 0.2) is 6.04 Å². The molecule has 0 radical (unpaired) electrons. The van der Waals surface area contributed by atoms with E-state index < -0.39 is 47.1 Å². The molecule has 2 rings (SSSR count). The van der Waals surface area contributed by atoms with Crippen LogP contribution >= 0.6 is 0 Å². The largest absolute Gasteiger partial charge is 0.480 e. The van der Waals surface area contributed by atoms with E-state index in [2.05, 4.69) is 10.2 Å². The van der Waals surface area contributed by atoms with Crippen LogP contribution in [0.25, 0.3) is 0 Å². The van der Waals surface area contributed by atoms with Crippen molar-refractivity contribution in [3.05, 3.63) is 46.0 Å². The second kappa shape index (κ2) is 12.5. The van der Waals surface area contributed by atoms with Crippen LogP contribution in [0.2, 0.25) is 0 Å². The Morgan fingerprint density at radius 3 is 2.56 bits per heavy atom. The fourth-order valence-electron chi connectivity index (χ4n) is 3.45. The highest BCUT2D eigenvalue weighted by atomic mass is 16.9. The number of rotatable bonds is 13. The molecule has 186 valence electrons. The first-order valence-electron chi connectivity index (χ1n) is 10.7. The van der Waals surface area contributed by atoms with Crippen LogP contribution in [0, 0.1) is 10.1 Å². The number of amides is 3. The molecular formula is C21H28N4O9. The lowest BCUT2D eigenvalue weighted by molar-refractivity contribution is -0.757. The Morgan fingerprint density at radius 1 is 1.26 bits per heavy atom. The van der Waals surface area contributed by atoms with Crippen molar-refractivity contribution in [3.63, 3.8) is 0 Å². The first-order chi connectivity index (χ1) is 16.1. The van der Waals surface area contributed by atoms with Gasteiger partial charge in [-0.1, -0.05) is 30.3 Å². The Kier molecular flexibility index (Phi) is 9.74. The molecule has 1 fully saturated rings. The van der Waals surface area contributed by atoms with Crippen molar-refractivity contribution >= 4 is 23.9 Å². The van der Waals surface area contributed by atoms with Gasteiger partial charge in [0.25, 0.3) is 5.09 Å². The van der Waals surface area contributed by atoms with E-state index in [1.165, 1.54) is 14.0 Å². The van der Waals surface area contributed by atoms with Crippen molar-refractivity contribution in [1.29, 1.82) is 0 Å². The molecular weight excluding hydrogens is 452 g/mol. The minimum atomic E-state index is -1.33. The SMILES string of the molecule is CC(NC(CCc1ccccc1)C(=O)OCCCO[N+](=O)[O-])C(=O)N1C(=O)N(C)CC1C(=O)O. The zero-order valence-corrected chi connectivity index (χ0v) is 18.9. The number of ether oxygens (including phenoxy) is 1. The average molecular weight is 480 g/mol. The van der Waals surface area contributed by atoms with Crippen LogP contribution in [-0.2, 0) is 30.4 Å². The molecule has 13 heteroatoms. The monoisotopic (exact) mass is 480 g/mol. The van der Waals surface area contributed by atoms with Crippen molar-refractivity contribution in [2.45, 2.75) is 44.3 Å². The number of carbonyl (C=O) groups excluding carboxylic acids is 3. The predicted molar refractivity (Wildman–Crippen MR) is 116 cm³/mol. The van der Waals surface area contributed by atoms with Crippen molar-refractivity contribution in [2.75, 3.05) is 26.8 Å². The number of aliphatic carboxylic acids is 1. The highest BCUT2D eigenvalue weighted by Crippen LogP contribution is 2.17. The summed E-state index contributed by atoms with van der Waals surface area (Å²) < 4.78 is 5.18. The lowest BCUT2D eigenvalue weighted by Crippen LogP contribution is -2.54. The van der Waals surface area contributed by atoms with Gasteiger partial charge in [-0.05, 0) is 25.3 Å². The van der Waals surface area contributed by atoms with Crippen LogP contribution in [0.4, 0.5) is 4.79 Å². The third-order valence-electron chi connectivity index (χ3n) is 5.21. The molecule has 3 atom stereocenters. The van der Waals surface area contributed by atoms with Crippen molar-refractivity contribution in [3.8, 4) is 0 Å². The lowest BCUT2D eigenvalue weighted by atomic mass is 10.0. The van der Waals surface area contributed by atoms with Crippen molar-refractivity contribution in [2.24, 2.45) is 0 Å². The standard InChI is InChI=1S/C21H28N4O9/c1-14(18(26)24-17(19(27)28)13-23(2)21(24)30)22-16(10-9-15-7-4-3-5-8-15)20(29)33-11-6-12-34-25(31)32/h3-5,7-8,14,16-17,22H,6,9-13H2,1-2H3,(H,27,28). The second-order valence-electron chi connectivity index (χ2n) is 7.77. The van der Waals surface area contributed by atoms with Gasteiger partial charge in [-0.2, -0.15) is 0 Å². The number of urea groups is 1. The first kappa shape index (κ1) is 26.5. The Labute approximate surface area is 195 Å². The van der Waals surface area contributed by atoms with Gasteiger partial charge in [0.1, 0.15) is 6.04 Å². The van der Waals surface area contributed by atoms with E-state index in [1.54, 1.807) is 0 Å². The van der Waals surface area contributed by atoms with Crippen LogP contribution in [0.1, 0.15) is 25.3 Å². The molecule has 0 bridgehead atoms. The zero-order chi connectivity index (χ0) is 25.3.